The number of nitrogens with one attached hydrogen (secondary N) is 1. The summed E-state index contributed by atoms with van der Waals surface area (Å²) < 4.78 is 5.06. The van der Waals surface area contributed by atoms with Gasteiger partial charge in [-0.25, -0.2) is 9.78 Å². The first kappa shape index (κ1) is 20.9. The van der Waals surface area contributed by atoms with Crippen molar-refractivity contribution < 1.29 is 9.53 Å². The summed E-state index contributed by atoms with van der Waals surface area (Å²) in [4.78, 5) is 16.6. The number of aromatic nitrogens is 1. The van der Waals surface area contributed by atoms with Crippen molar-refractivity contribution in [1.82, 2.24) is 4.98 Å². The highest BCUT2D eigenvalue weighted by Gasteiger charge is 2.13. The molecule has 0 aliphatic carbocycles. The molecule has 5 nitrogen and oxygen atoms in total. The smallest absolute Gasteiger partial charge is 0.340 e. The number of hydrogen-bond acceptors (Lipinski definition) is 6. The molecule has 0 bridgehead atoms. The molecular formula is C21H15Cl2N3O2S. The summed E-state index contributed by atoms with van der Waals surface area (Å²) in [7, 11) is 0. The molecule has 1 heterocycles. The fourth-order valence-electron chi connectivity index (χ4n) is 2.47. The van der Waals surface area contributed by atoms with Crippen LogP contribution < -0.4 is 5.32 Å². The van der Waals surface area contributed by atoms with Gasteiger partial charge < -0.3 is 10.1 Å². The molecule has 1 N–H and O–H groups in total. The predicted molar refractivity (Wildman–Crippen MR) is 117 cm³/mol. The number of hydrogen-bond donors (Lipinski definition) is 1. The zero-order valence-corrected chi connectivity index (χ0v) is 17.6. The second-order valence-electron chi connectivity index (χ2n) is 5.75. The first-order valence-electron chi connectivity index (χ1n) is 8.57. The molecular weight excluding hydrogens is 429 g/mol. The van der Waals surface area contributed by atoms with Gasteiger partial charge in [0.05, 0.1) is 33.6 Å². The quantitative estimate of drug-likeness (QED) is 0.358. The zero-order valence-electron chi connectivity index (χ0n) is 15.3. The number of ether oxygens (including phenoxy) is 1. The Kier molecular flexibility index (Phi) is 6.89. The van der Waals surface area contributed by atoms with E-state index in [1.807, 2.05) is 11.4 Å². The molecule has 0 aliphatic heterocycles. The molecule has 0 aliphatic rings. The van der Waals surface area contributed by atoms with E-state index >= 15 is 0 Å². The van der Waals surface area contributed by atoms with Crippen molar-refractivity contribution in [2.24, 2.45) is 0 Å². The summed E-state index contributed by atoms with van der Waals surface area (Å²) in [5, 5.41) is 15.8. The number of allylic oxidation sites excluding steroid dienone is 1. The maximum Gasteiger partial charge on any atom is 0.340 e. The molecule has 0 saturated heterocycles. The Morgan fingerprint density at radius 2 is 2.07 bits per heavy atom. The number of rotatable bonds is 6. The van der Waals surface area contributed by atoms with Gasteiger partial charge in [-0.15, -0.1) is 11.3 Å². The van der Waals surface area contributed by atoms with Gasteiger partial charge in [0.25, 0.3) is 0 Å². The molecule has 8 heteroatoms. The predicted octanol–water partition coefficient (Wildman–Crippen LogP) is 6.27. The van der Waals surface area contributed by atoms with E-state index in [0.29, 0.717) is 37.6 Å². The number of anilines is 1. The molecule has 3 aromatic rings. The highest BCUT2D eigenvalue weighted by molar-refractivity contribution is 7.11. The lowest BCUT2D eigenvalue weighted by Crippen LogP contribution is -2.07. The van der Waals surface area contributed by atoms with Crippen LogP contribution in [0.15, 0.2) is 54.0 Å². The van der Waals surface area contributed by atoms with Crippen LogP contribution in [0.1, 0.15) is 22.3 Å². The lowest BCUT2D eigenvalue weighted by Gasteiger charge is -2.08. The first-order valence-corrected chi connectivity index (χ1v) is 10.2. The van der Waals surface area contributed by atoms with Crippen molar-refractivity contribution in [3.05, 3.63) is 74.7 Å². The summed E-state index contributed by atoms with van der Waals surface area (Å²) in [6, 6.07) is 14.3. The SMILES string of the molecule is CCOC(=O)c1ccccc1NC=C(C#N)c1nc(-c2ccc(Cl)c(Cl)c2)cs1. The maximum absolute atomic E-state index is 12.1. The van der Waals surface area contributed by atoms with Crippen LogP contribution in [-0.4, -0.2) is 17.6 Å². The van der Waals surface area contributed by atoms with Crippen molar-refractivity contribution in [3.63, 3.8) is 0 Å². The molecule has 3 rings (SSSR count). The average molecular weight is 444 g/mol. The van der Waals surface area contributed by atoms with E-state index in [1.54, 1.807) is 43.3 Å². The van der Waals surface area contributed by atoms with Gasteiger partial charge in [0.15, 0.2) is 0 Å². The van der Waals surface area contributed by atoms with Crippen molar-refractivity contribution in [2.75, 3.05) is 11.9 Å². The molecule has 2 aromatic carbocycles. The second kappa shape index (κ2) is 9.57. The maximum atomic E-state index is 12.1. The number of para-hydroxylation sites is 1. The Morgan fingerprint density at radius 1 is 1.28 bits per heavy atom. The Balaban J connectivity index is 1.85. The van der Waals surface area contributed by atoms with Gasteiger partial charge in [0.1, 0.15) is 16.6 Å². The minimum atomic E-state index is -0.432. The van der Waals surface area contributed by atoms with Crippen molar-refractivity contribution >= 4 is 51.8 Å². The summed E-state index contributed by atoms with van der Waals surface area (Å²) in [5.41, 5.74) is 2.76. The number of esters is 1. The van der Waals surface area contributed by atoms with Crippen LogP contribution in [-0.2, 0) is 4.74 Å². The number of thiazole rings is 1. The Bertz CT molecular complexity index is 1120. The lowest BCUT2D eigenvalue weighted by atomic mass is 10.1. The molecule has 0 atom stereocenters. The van der Waals surface area contributed by atoms with E-state index in [9.17, 15) is 10.1 Å². The van der Waals surface area contributed by atoms with Crippen molar-refractivity contribution in [2.45, 2.75) is 6.92 Å². The van der Waals surface area contributed by atoms with Crippen LogP contribution in [0.5, 0.6) is 0 Å². The first-order chi connectivity index (χ1) is 14.0. The molecule has 29 heavy (non-hydrogen) atoms. The van der Waals surface area contributed by atoms with Gasteiger partial charge in [0, 0.05) is 17.1 Å². The number of benzene rings is 2. The van der Waals surface area contributed by atoms with Crippen LogP contribution >= 0.6 is 34.5 Å². The Morgan fingerprint density at radius 3 is 2.79 bits per heavy atom. The van der Waals surface area contributed by atoms with Crippen LogP contribution in [0, 0.1) is 11.3 Å². The molecule has 0 fully saturated rings. The summed E-state index contributed by atoms with van der Waals surface area (Å²) in [6.45, 7) is 2.03. The zero-order chi connectivity index (χ0) is 20.8. The number of halogens is 2. The molecule has 0 saturated carbocycles. The second-order valence-corrected chi connectivity index (χ2v) is 7.42. The Hall–Kier alpha value is -2.85. The van der Waals surface area contributed by atoms with E-state index < -0.39 is 5.97 Å². The normalized spacial score (nSPS) is 11.0. The number of carbonyl (C=O) groups is 1. The fourth-order valence-corrected chi connectivity index (χ4v) is 3.57. The standard InChI is InChI=1S/C21H15Cl2N3O2S/c1-2-28-21(27)15-5-3-4-6-18(15)25-11-14(10-24)20-26-19(12-29-20)13-7-8-16(22)17(23)9-13/h3-9,11-12,25H,2H2,1H3. The summed E-state index contributed by atoms with van der Waals surface area (Å²) >= 11 is 13.4. The van der Waals surface area contributed by atoms with E-state index in [1.165, 1.54) is 17.5 Å². The lowest BCUT2D eigenvalue weighted by molar-refractivity contribution is 0.0527. The molecule has 0 radical (unpaired) electrons. The molecule has 0 spiro atoms. The monoisotopic (exact) mass is 443 g/mol. The molecule has 0 unspecified atom stereocenters. The van der Waals surface area contributed by atoms with Gasteiger partial charge in [-0.2, -0.15) is 5.26 Å². The number of carbonyl (C=O) groups excluding carboxylic acids is 1. The third kappa shape index (κ3) is 4.96. The summed E-state index contributed by atoms with van der Waals surface area (Å²) in [6.07, 6.45) is 1.52. The van der Waals surface area contributed by atoms with E-state index in [-0.39, 0.29) is 6.61 Å². The highest BCUT2D eigenvalue weighted by atomic mass is 35.5. The van der Waals surface area contributed by atoms with Crippen LogP contribution in [0.2, 0.25) is 10.0 Å². The van der Waals surface area contributed by atoms with Crippen molar-refractivity contribution in [1.29, 1.82) is 5.26 Å². The molecule has 146 valence electrons. The fraction of sp³-hybridized carbons (Fsp3) is 0.0952. The van der Waals surface area contributed by atoms with Gasteiger partial charge >= 0.3 is 5.97 Å². The van der Waals surface area contributed by atoms with Gasteiger partial charge in [0.2, 0.25) is 0 Å². The van der Waals surface area contributed by atoms with Crippen molar-refractivity contribution in [3.8, 4) is 17.3 Å². The van der Waals surface area contributed by atoms with Crippen LogP contribution in [0.4, 0.5) is 5.69 Å². The van der Waals surface area contributed by atoms with Gasteiger partial charge in [-0.05, 0) is 31.2 Å². The third-order valence-corrected chi connectivity index (χ3v) is 5.48. The number of nitriles is 1. The third-order valence-electron chi connectivity index (χ3n) is 3.86. The van der Waals surface area contributed by atoms with Gasteiger partial charge in [-0.1, -0.05) is 41.4 Å². The van der Waals surface area contributed by atoms with Crippen LogP contribution in [0.3, 0.4) is 0 Å². The average Bonchev–Trinajstić information content (AvgIpc) is 3.21. The highest BCUT2D eigenvalue weighted by Crippen LogP contribution is 2.31. The molecule has 1 aromatic heterocycles. The number of nitrogens with zero attached hydrogens (tertiary/aromatic N) is 2. The van der Waals surface area contributed by atoms with Gasteiger partial charge in [-0.3, -0.25) is 0 Å². The topological polar surface area (TPSA) is 75.0 Å². The Labute approximate surface area is 182 Å². The van der Waals surface area contributed by atoms with E-state index in [4.69, 9.17) is 27.9 Å². The van der Waals surface area contributed by atoms with E-state index in [0.717, 1.165) is 5.56 Å². The van der Waals surface area contributed by atoms with E-state index in [2.05, 4.69) is 16.4 Å². The summed E-state index contributed by atoms with van der Waals surface area (Å²) in [5.74, 6) is -0.432. The minimum absolute atomic E-state index is 0.281. The largest absolute Gasteiger partial charge is 0.462 e. The molecule has 0 amide bonds. The minimum Gasteiger partial charge on any atom is -0.462 e. The van der Waals surface area contributed by atoms with Crippen LogP contribution in [0.25, 0.3) is 16.8 Å².